The number of hydrogen-bond acceptors (Lipinski definition) is 4. The molecule has 1 aliphatic heterocycles. The number of nitrogens with one attached hydrogen (secondary N) is 1. The number of imidazole rings is 1. The SMILES string of the molecule is Oc1cccc(-c2nc3cccnc3n2C2CCCCN2)c1. The summed E-state index contributed by atoms with van der Waals surface area (Å²) in [4.78, 5) is 9.27. The molecule has 112 valence electrons. The molecule has 1 aliphatic rings. The number of nitrogens with zero attached hydrogens (tertiary/aromatic N) is 3. The smallest absolute Gasteiger partial charge is 0.161 e. The van der Waals surface area contributed by atoms with Gasteiger partial charge in [0, 0.05) is 11.8 Å². The van der Waals surface area contributed by atoms with Gasteiger partial charge in [0.1, 0.15) is 17.1 Å². The minimum atomic E-state index is 0.200. The lowest BCUT2D eigenvalue weighted by atomic mass is 10.1. The maximum absolute atomic E-state index is 9.78. The van der Waals surface area contributed by atoms with Crippen molar-refractivity contribution in [1.82, 2.24) is 19.9 Å². The molecule has 1 aromatic carbocycles. The third-order valence-electron chi connectivity index (χ3n) is 4.15. The third kappa shape index (κ3) is 2.23. The van der Waals surface area contributed by atoms with Gasteiger partial charge in [0.2, 0.25) is 0 Å². The molecular weight excluding hydrogens is 276 g/mol. The fourth-order valence-corrected chi connectivity index (χ4v) is 3.13. The molecule has 22 heavy (non-hydrogen) atoms. The van der Waals surface area contributed by atoms with E-state index in [0.29, 0.717) is 0 Å². The van der Waals surface area contributed by atoms with Crippen LogP contribution in [0.4, 0.5) is 0 Å². The molecule has 0 saturated carbocycles. The van der Waals surface area contributed by atoms with E-state index in [4.69, 9.17) is 4.98 Å². The second-order valence-electron chi connectivity index (χ2n) is 5.67. The summed E-state index contributed by atoms with van der Waals surface area (Å²) >= 11 is 0. The van der Waals surface area contributed by atoms with Crippen molar-refractivity contribution in [3.63, 3.8) is 0 Å². The average molecular weight is 294 g/mol. The summed E-state index contributed by atoms with van der Waals surface area (Å²) in [7, 11) is 0. The largest absolute Gasteiger partial charge is 0.508 e. The topological polar surface area (TPSA) is 63.0 Å². The van der Waals surface area contributed by atoms with Gasteiger partial charge in [-0.15, -0.1) is 0 Å². The van der Waals surface area contributed by atoms with Crippen LogP contribution >= 0.6 is 0 Å². The van der Waals surface area contributed by atoms with Gasteiger partial charge in [0.25, 0.3) is 0 Å². The van der Waals surface area contributed by atoms with E-state index >= 15 is 0 Å². The zero-order valence-corrected chi connectivity index (χ0v) is 12.2. The second-order valence-corrected chi connectivity index (χ2v) is 5.67. The van der Waals surface area contributed by atoms with Crippen LogP contribution in [0.5, 0.6) is 5.75 Å². The van der Waals surface area contributed by atoms with E-state index in [0.717, 1.165) is 35.5 Å². The zero-order chi connectivity index (χ0) is 14.9. The molecule has 1 unspecified atom stereocenters. The van der Waals surface area contributed by atoms with Crippen molar-refractivity contribution >= 4 is 11.2 Å². The van der Waals surface area contributed by atoms with Crippen molar-refractivity contribution in [2.24, 2.45) is 0 Å². The van der Waals surface area contributed by atoms with Crippen molar-refractivity contribution in [2.75, 3.05) is 6.54 Å². The highest BCUT2D eigenvalue weighted by molar-refractivity contribution is 5.77. The number of phenols is 1. The Labute approximate surface area is 128 Å². The molecule has 5 nitrogen and oxygen atoms in total. The Kier molecular flexibility index (Phi) is 3.27. The third-order valence-corrected chi connectivity index (χ3v) is 4.15. The number of pyridine rings is 1. The van der Waals surface area contributed by atoms with E-state index in [-0.39, 0.29) is 11.9 Å². The summed E-state index contributed by atoms with van der Waals surface area (Å²) in [5.41, 5.74) is 2.68. The van der Waals surface area contributed by atoms with E-state index in [1.54, 1.807) is 18.3 Å². The second kappa shape index (κ2) is 5.42. The molecule has 0 radical (unpaired) electrons. The number of aromatic nitrogens is 3. The Bertz CT molecular complexity index is 805. The van der Waals surface area contributed by atoms with Crippen LogP contribution in [0, 0.1) is 0 Å². The molecule has 1 fully saturated rings. The summed E-state index contributed by atoms with van der Waals surface area (Å²) < 4.78 is 2.17. The molecule has 1 saturated heterocycles. The van der Waals surface area contributed by atoms with Crippen LogP contribution in [0.25, 0.3) is 22.6 Å². The maximum atomic E-state index is 9.78. The van der Waals surface area contributed by atoms with Gasteiger partial charge in [-0.3, -0.25) is 9.88 Å². The molecule has 0 aliphatic carbocycles. The first-order valence-corrected chi connectivity index (χ1v) is 7.69. The quantitative estimate of drug-likeness (QED) is 0.762. The molecule has 5 heteroatoms. The van der Waals surface area contributed by atoms with Gasteiger partial charge >= 0.3 is 0 Å². The molecule has 0 spiro atoms. The number of hydrogen-bond donors (Lipinski definition) is 2. The Morgan fingerprint density at radius 1 is 1.18 bits per heavy atom. The van der Waals surface area contributed by atoms with Gasteiger partial charge in [-0.25, -0.2) is 9.97 Å². The number of rotatable bonds is 2. The minimum Gasteiger partial charge on any atom is -0.508 e. The lowest BCUT2D eigenvalue weighted by molar-refractivity contribution is 0.328. The first-order chi connectivity index (χ1) is 10.8. The van der Waals surface area contributed by atoms with Gasteiger partial charge in [0.05, 0.1) is 6.17 Å². The van der Waals surface area contributed by atoms with Crippen LogP contribution in [-0.2, 0) is 0 Å². The molecule has 4 rings (SSSR count). The molecular formula is C17H18N4O. The predicted octanol–water partition coefficient (Wildman–Crippen LogP) is 3.08. The van der Waals surface area contributed by atoms with Crippen LogP contribution in [0.15, 0.2) is 42.6 Å². The van der Waals surface area contributed by atoms with Gasteiger partial charge in [0.15, 0.2) is 5.65 Å². The Hall–Kier alpha value is -2.40. The summed E-state index contributed by atoms with van der Waals surface area (Å²) in [5, 5.41) is 13.3. The van der Waals surface area contributed by atoms with Crippen molar-refractivity contribution in [3.8, 4) is 17.1 Å². The highest BCUT2D eigenvalue weighted by atomic mass is 16.3. The number of benzene rings is 1. The molecule has 3 aromatic rings. The van der Waals surface area contributed by atoms with Gasteiger partial charge in [-0.2, -0.15) is 0 Å². The summed E-state index contributed by atoms with van der Waals surface area (Å²) in [5.74, 6) is 1.10. The first-order valence-electron chi connectivity index (χ1n) is 7.69. The number of phenolic OH excluding ortho intramolecular Hbond substituents is 1. The average Bonchev–Trinajstić information content (AvgIpc) is 2.95. The zero-order valence-electron chi connectivity index (χ0n) is 12.2. The molecule has 1 atom stereocenters. The van der Waals surface area contributed by atoms with Crippen molar-refractivity contribution in [3.05, 3.63) is 42.6 Å². The normalized spacial score (nSPS) is 18.6. The van der Waals surface area contributed by atoms with Crippen LogP contribution in [0.3, 0.4) is 0 Å². The summed E-state index contributed by atoms with van der Waals surface area (Å²) in [6.45, 7) is 1.01. The molecule has 2 aromatic heterocycles. The van der Waals surface area contributed by atoms with E-state index in [9.17, 15) is 5.11 Å². The molecule has 2 N–H and O–H groups in total. The lowest BCUT2D eigenvalue weighted by Crippen LogP contribution is -2.31. The van der Waals surface area contributed by atoms with Crippen LogP contribution < -0.4 is 5.32 Å². The Morgan fingerprint density at radius 3 is 2.95 bits per heavy atom. The number of piperidine rings is 1. The van der Waals surface area contributed by atoms with Crippen molar-refractivity contribution < 1.29 is 5.11 Å². The van der Waals surface area contributed by atoms with E-state index in [2.05, 4.69) is 14.9 Å². The fourth-order valence-electron chi connectivity index (χ4n) is 3.13. The van der Waals surface area contributed by atoms with E-state index in [1.807, 2.05) is 24.3 Å². The van der Waals surface area contributed by atoms with Crippen molar-refractivity contribution in [1.29, 1.82) is 0 Å². The van der Waals surface area contributed by atoms with Crippen molar-refractivity contribution in [2.45, 2.75) is 25.4 Å². The highest BCUT2D eigenvalue weighted by Crippen LogP contribution is 2.31. The van der Waals surface area contributed by atoms with Gasteiger partial charge in [-0.1, -0.05) is 12.1 Å². The van der Waals surface area contributed by atoms with Gasteiger partial charge < -0.3 is 5.11 Å². The Morgan fingerprint density at radius 2 is 2.14 bits per heavy atom. The van der Waals surface area contributed by atoms with Gasteiger partial charge in [-0.05, 0) is 50.1 Å². The minimum absolute atomic E-state index is 0.200. The summed E-state index contributed by atoms with van der Waals surface area (Å²) in [6.07, 6.45) is 5.47. The predicted molar refractivity (Wildman–Crippen MR) is 85.5 cm³/mol. The van der Waals surface area contributed by atoms with E-state index < -0.39 is 0 Å². The van der Waals surface area contributed by atoms with E-state index in [1.165, 1.54) is 12.8 Å². The highest BCUT2D eigenvalue weighted by Gasteiger charge is 2.22. The monoisotopic (exact) mass is 294 g/mol. The molecule has 3 heterocycles. The standard InChI is InChI=1S/C17H18N4O/c22-13-6-3-5-12(11-13)16-20-14-7-4-10-19-17(14)21(16)15-8-1-2-9-18-15/h3-7,10-11,15,18,22H,1-2,8-9H2. The molecule has 0 amide bonds. The molecule has 0 bridgehead atoms. The maximum Gasteiger partial charge on any atom is 0.161 e. The summed E-state index contributed by atoms with van der Waals surface area (Å²) in [6, 6.07) is 11.1. The first kappa shape index (κ1) is 13.3. The van der Waals surface area contributed by atoms with Crippen LogP contribution in [0.2, 0.25) is 0 Å². The number of fused-ring (bicyclic) bond motifs is 1. The number of aromatic hydroxyl groups is 1. The van der Waals surface area contributed by atoms with Crippen LogP contribution in [-0.4, -0.2) is 26.2 Å². The lowest BCUT2D eigenvalue weighted by Gasteiger charge is -2.26. The Balaban J connectivity index is 1.93. The fraction of sp³-hybridized carbons (Fsp3) is 0.294. The van der Waals surface area contributed by atoms with Crippen LogP contribution in [0.1, 0.15) is 25.4 Å².